The van der Waals surface area contributed by atoms with Gasteiger partial charge in [0.2, 0.25) is 5.91 Å². The molecule has 3 rings (SSSR count). The quantitative estimate of drug-likeness (QED) is 0.415. The summed E-state index contributed by atoms with van der Waals surface area (Å²) in [6, 6.07) is 5.40. The first kappa shape index (κ1) is 29.2. The fraction of sp³-hybridized carbons (Fsp3) is 0.500. The Labute approximate surface area is 227 Å². The van der Waals surface area contributed by atoms with E-state index < -0.39 is 0 Å². The van der Waals surface area contributed by atoms with E-state index in [0.29, 0.717) is 36.8 Å². The van der Waals surface area contributed by atoms with Gasteiger partial charge in [0.05, 0.1) is 18.3 Å². The standard InChI is InChI=1S/C30H43N5O3/c1-8-19(4)27(25-12-11-24(22(7)36)17-26(25)38-10-3)28-29(31)33-14-16-35(28)21(6)23(9-2)18-34-15-13-32-20(5)30(34)37/h11-12,14,16-17,19-20,23,32H,6,8-10,13,15,18H2,1-5,7H3,(H2,31,33)/b28-27+. The van der Waals surface area contributed by atoms with Crippen LogP contribution in [0.1, 0.15) is 70.3 Å². The number of piperazine rings is 1. The van der Waals surface area contributed by atoms with E-state index in [4.69, 9.17) is 10.5 Å². The highest BCUT2D eigenvalue weighted by Gasteiger charge is 2.32. The van der Waals surface area contributed by atoms with Crippen molar-refractivity contribution < 1.29 is 14.3 Å². The number of ether oxygens (including phenoxy) is 1. The number of nitrogens with one attached hydrogen (secondary N) is 1. The minimum atomic E-state index is -0.186. The van der Waals surface area contributed by atoms with Crippen molar-refractivity contribution in [2.24, 2.45) is 22.6 Å². The Balaban J connectivity index is 2.12. The van der Waals surface area contributed by atoms with Crippen molar-refractivity contribution in [1.29, 1.82) is 0 Å². The average molecular weight is 522 g/mol. The number of amidine groups is 1. The second kappa shape index (κ2) is 12.9. The number of allylic oxidation sites excluding steroid dienone is 1. The first-order valence-electron chi connectivity index (χ1n) is 13.7. The van der Waals surface area contributed by atoms with Crippen LogP contribution < -0.4 is 15.8 Å². The molecule has 1 aromatic carbocycles. The van der Waals surface area contributed by atoms with E-state index in [2.05, 4.69) is 37.7 Å². The lowest BCUT2D eigenvalue weighted by molar-refractivity contribution is -0.135. The number of amides is 1. The molecule has 8 heteroatoms. The van der Waals surface area contributed by atoms with Crippen molar-refractivity contribution in [3.63, 3.8) is 0 Å². The van der Waals surface area contributed by atoms with Crippen LogP contribution in [-0.4, -0.2) is 59.6 Å². The van der Waals surface area contributed by atoms with Crippen LogP contribution in [-0.2, 0) is 4.79 Å². The number of nitrogens with zero attached hydrogens (tertiary/aromatic N) is 3. The number of carbonyl (C=O) groups excluding carboxylic acids is 2. The van der Waals surface area contributed by atoms with E-state index in [9.17, 15) is 9.59 Å². The van der Waals surface area contributed by atoms with Crippen LogP contribution in [0.5, 0.6) is 5.75 Å². The molecule has 1 saturated heterocycles. The molecule has 8 nitrogen and oxygen atoms in total. The van der Waals surface area contributed by atoms with E-state index in [0.717, 1.165) is 41.9 Å². The molecule has 3 unspecified atom stereocenters. The Morgan fingerprint density at radius 1 is 1.29 bits per heavy atom. The molecule has 0 spiro atoms. The van der Waals surface area contributed by atoms with E-state index in [1.165, 1.54) is 0 Å². The minimum absolute atomic E-state index is 0.0190. The summed E-state index contributed by atoms with van der Waals surface area (Å²) in [5, 5.41) is 3.23. The van der Waals surface area contributed by atoms with Crippen LogP contribution in [0, 0.1) is 11.8 Å². The summed E-state index contributed by atoms with van der Waals surface area (Å²) in [5.74, 6) is 1.26. The maximum atomic E-state index is 12.8. The van der Waals surface area contributed by atoms with Gasteiger partial charge < -0.3 is 25.6 Å². The van der Waals surface area contributed by atoms with Crippen LogP contribution in [0.25, 0.3) is 5.57 Å². The van der Waals surface area contributed by atoms with E-state index in [1.54, 1.807) is 19.2 Å². The number of benzene rings is 1. The molecule has 2 heterocycles. The molecule has 3 atom stereocenters. The maximum Gasteiger partial charge on any atom is 0.239 e. The third kappa shape index (κ3) is 6.18. The summed E-state index contributed by atoms with van der Waals surface area (Å²) >= 11 is 0. The summed E-state index contributed by atoms with van der Waals surface area (Å²) in [5.41, 5.74) is 10.7. The number of ketones is 1. The first-order chi connectivity index (χ1) is 18.1. The second-order valence-electron chi connectivity index (χ2n) is 10.0. The predicted octanol–water partition coefficient (Wildman–Crippen LogP) is 4.55. The summed E-state index contributed by atoms with van der Waals surface area (Å²) in [6.07, 6.45) is 5.26. The van der Waals surface area contributed by atoms with Crippen molar-refractivity contribution in [3.05, 3.63) is 59.7 Å². The SMILES string of the molecule is C=C(C(CC)CN1CCNC(C)C1=O)N1C=CN=C(N)/C1=C(\c1ccc(C(C)=O)cc1OCC)C(C)CC. The van der Waals surface area contributed by atoms with Crippen molar-refractivity contribution in [2.45, 2.75) is 60.4 Å². The highest BCUT2D eigenvalue weighted by molar-refractivity contribution is 6.05. The zero-order valence-electron chi connectivity index (χ0n) is 23.7. The van der Waals surface area contributed by atoms with Crippen molar-refractivity contribution >= 4 is 23.1 Å². The number of hydrogen-bond acceptors (Lipinski definition) is 7. The van der Waals surface area contributed by atoms with Gasteiger partial charge in [0.1, 0.15) is 11.6 Å². The Hall–Kier alpha value is -3.39. The molecule has 3 N–H and O–H groups in total. The monoisotopic (exact) mass is 521 g/mol. The van der Waals surface area contributed by atoms with Gasteiger partial charge in [0.25, 0.3) is 0 Å². The van der Waals surface area contributed by atoms with Crippen LogP contribution in [0.2, 0.25) is 0 Å². The van der Waals surface area contributed by atoms with E-state index in [-0.39, 0.29) is 29.6 Å². The predicted molar refractivity (Wildman–Crippen MR) is 154 cm³/mol. The molecule has 0 radical (unpaired) electrons. The maximum absolute atomic E-state index is 12.8. The third-order valence-corrected chi connectivity index (χ3v) is 7.48. The van der Waals surface area contributed by atoms with Crippen LogP contribution in [0.3, 0.4) is 0 Å². The molecule has 0 aromatic heterocycles. The van der Waals surface area contributed by atoms with Crippen LogP contribution in [0.4, 0.5) is 0 Å². The van der Waals surface area contributed by atoms with Crippen molar-refractivity contribution in [2.75, 3.05) is 26.2 Å². The molecule has 206 valence electrons. The second-order valence-corrected chi connectivity index (χ2v) is 10.0. The number of aliphatic imine (C=N–C) groups is 1. The van der Waals surface area contributed by atoms with Crippen molar-refractivity contribution in [3.8, 4) is 5.75 Å². The number of hydrogen-bond donors (Lipinski definition) is 2. The summed E-state index contributed by atoms with van der Waals surface area (Å²) in [6.45, 7) is 18.8. The van der Waals surface area contributed by atoms with Gasteiger partial charge in [-0.1, -0.05) is 39.5 Å². The smallest absolute Gasteiger partial charge is 0.239 e. The Morgan fingerprint density at radius 3 is 2.66 bits per heavy atom. The molecule has 1 fully saturated rings. The lowest BCUT2D eigenvalue weighted by atomic mass is 9.87. The van der Waals surface area contributed by atoms with Crippen LogP contribution >= 0.6 is 0 Å². The largest absolute Gasteiger partial charge is 0.493 e. The van der Waals surface area contributed by atoms with Gasteiger partial charge in [-0.3, -0.25) is 9.59 Å². The molecule has 2 aliphatic rings. The summed E-state index contributed by atoms with van der Waals surface area (Å²) in [7, 11) is 0. The van der Waals surface area contributed by atoms with Crippen LogP contribution in [0.15, 0.2) is 53.6 Å². The van der Waals surface area contributed by atoms with Gasteiger partial charge in [0.15, 0.2) is 5.78 Å². The lowest BCUT2D eigenvalue weighted by Crippen LogP contribution is -2.55. The van der Waals surface area contributed by atoms with Gasteiger partial charge in [0, 0.05) is 54.8 Å². The molecular weight excluding hydrogens is 478 g/mol. The molecule has 38 heavy (non-hydrogen) atoms. The highest BCUT2D eigenvalue weighted by atomic mass is 16.5. The number of nitrogens with two attached hydrogens (primary N) is 1. The third-order valence-electron chi connectivity index (χ3n) is 7.48. The molecule has 0 saturated carbocycles. The molecule has 0 bridgehead atoms. The number of carbonyl (C=O) groups is 2. The summed E-state index contributed by atoms with van der Waals surface area (Å²) in [4.78, 5) is 33.3. The zero-order chi connectivity index (χ0) is 28.0. The fourth-order valence-corrected chi connectivity index (χ4v) is 5.02. The topological polar surface area (TPSA) is 100 Å². The van der Waals surface area contributed by atoms with Gasteiger partial charge in [-0.05, 0) is 51.2 Å². The Kier molecular flexibility index (Phi) is 9.91. The molecule has 2 aliphatic heterocycles. The minimum Gasteiger partial charge on any atom is -0.493 e. The van der Waals surface area contributed by atoms with E-state index >= 15 is 0 Å². The number of Topliss-reactive ketones (excluding diaryl/α,β-unsaturated/α-hetero) is 1. The van der Waals surface area contributed by atoms with E-state index in [1.807, 2.05) is 42.0 Å². The fourth-order valence-electron chi connectivity index (χ4n) is 5.02. The van der Waals surface area contributed by atoms with Gasteiger partial charge >= 0.3 is 0 Å². The Morgan fingerprint density at radius 2 is 2.03 bits per heavy atom. The van der Waals surface area contributed by atoms with Gasteiger partial charge in [-0.15, -0.1) is 0 Å². The molecule has 0 aliphatic carbocycles. The average Bonchev–Trinajstić information content (AvgIpc) is 2.90. The normalized spacial score (nSPS) is 20.6. The van der Waals surface area contributed by atoms with Crippen molar-refractivity contribution in [1.82, 2.24) is 15.1 Å². The lowest BCUT2D eigenvalue weighted by Gasteiger charge is -2.38. The molecule has 1 amide bonds. The molecular formula is C30H43N5O3. The zero-order valence-corrected chi connectivity index (χ0v) is 23.7. The molecule has 1 aromatic rings. The van der Waals surface area contributed by atoms with Gasteiger partial charge in [-0.2, -0.15) is 0 Å². The summed E-state index contributed by atoms with van der Waals surface area (Å²) < 4.78 is 6.04. The Bertz CT molecular complexity index is 1150. The van der Waals surface area contributed by atoms with Gasteiger partial charge in [-0.25, -0.2) is 4.99 Å². The number of rotatable bonds is 11. The first-order valence-corrected chi connectivity index (χ1v) is 13.7. The highest BCUT2D eigenvalue weighted by Crippen LogP contribution is 2.39.